The first kappa shape index (κ1) is 13.7. The molecule has 1 heterocycles. The predicted molar refractivity (Wildman–Crippen MR) is 72.2 cm³/mol. The minimum Gasteiger partial charge on any atom is -0.326 e. The number of nitrogens with two attached hydrogens (primary N) is 1. The van der Waals surface area contributed by atoms with E-state index in [1.165, 1.54) is 0 Å². The summed E-state index contributed by atoms with van der Waals surface area (Å²) in [7, 11) is 0. The lowest BCUT2D eigenvalue weighted by Crippen LogP contribution is -2.29. The van der Waals surface area contributed by atoms with E-state index in [2.05, 4.69) is 0 Å². The van der Waals surface area contributed by atoms with Gasteiger partial charge in [0.15, 0.2) is 0 Å². The first-order valence-electron chi connectivity index (χ1n) is 5.80. The molecule has 0 atom stereocenters. The molecule has 102 valence electrons. The zero-order valence-corrected chi connectivity index (χ0v) is 11.0. The van der Waals surface area contributed by atoms with Gasteiger partial charge in [-0.15, -0.1) is 0 Å². The molecule has 0 unspecified atom stereocenters. The van der Waals surface area contributed by atoms with E-state index in [9.17, 15) is 14.0 Å². The van der Waals surface area contributed by atoms with Crippen molar-refractivity contribution in [1.29, 1.82) is 0 Å². The topological polar surface area (TPSA) is 70.0 Å². The van der Waals surface area contributed by atoms with Crippen molar-refractivity contribution in [3.63, 3.8) is 0 Å². The van der Waals surface area contributed by atoms with E-state index in [0.717, 1.165) is 31.2 Å². The maximum atomic E-state index is 12.2. The van der Waals surface area contributed by atoms with E-state index in [1.54, 1.807) is 0 Å². The van der Waals surface area contributed by atoms with Crippen molar-refractivity contribution in [2.75, 3.05) is 6.67 Å². The molecule has 2 rings (SSSR count). The Morgan fingerprint density at radius 3 is 2.37 bits per heavy atom. The van der Waals surface area contributed by atoms with Gasteiger partial charge >= 0.3 is 10.6 Å². The minimum atomic E-state index is -0.662. The Balaban J connectivity index is 2.27. The number of alkyl halides is 1. The van der Waals surface area contributed by atoms with Crippen LogP contribution in [0.3, 0.4) is 0 Å². The number of rotatable bonds is 5. The number of halogens is 1. The summed E-state index contributed by atoms with van der Waals surface area (Å²) in [4.78, 5) is 23.2. The molecule has 5 nitrogen and oxygen atoms in total. The predicted octanol–water partition coefficient (Wildman–Crippen LogP) is 0.548. The van der Waals surface area contributed by atoms with Gasteiger partial charge in [0, 0.05) is 18.1 Å². The van der Waals surface area contributed by atoms with Gasteiger partial charge in [-0.2, -0.15) is 0 Å². The first-order chi connectivity index (χ1) is 9.15. The molecule has 0 saturated heterocycles. The van der Waals surface area contributed by atoms with Gasteiger partial charge in [0.25, 0.3) is 0 Å². The van der Waals surface area contributed by atoms with Crippen LogP contribution in [0.25, 0.3) is 0 Å². The lowest BCUT2D eigenvalue weighted by Gasteiger charge is -2.02. The van der Waals surface area contributed by atoms with Crippen LogP contribution in [-0.4, -0.2) is 15.2 Å². The molecule has 0 amide bonds. The van der Waals surface area contributed by atoms with Crippen LogP contribution >= 0.6 is 11.5 Å². The highest BCUT2D eigenvalue weighted by Gasteiger charge is 2.10. The van der Waals surface area contributed by atoms with Gasteiger partial charge in [0.05, 0.1) is 13.1 Å². The molecule has 0 aliphatic heterocycles. The Hall–Kier alpha value is -1.73. The highest BCUT2D eigenvalue weighted by Crippen LogP contribution is 2.04. The van der Waals surface area contributed by atoms with Gasteiger partial charge in [-0.3, -0.25) is 4.79 Å². The van der Waals surface area contributed by atoms with Crippen LogP contribution in [0.15, 0.2) is 33.9 Å². The van der Waals surface area contributed by atoms with Crippen LogP contribution in [0.2, 0.25) is 0 Å². The van der Waals surface area contributed by atoms with Crippen molar-refractivity contribution in [3.05, 3.63) is 55.5 Å². The van der Waals surface area contributed by atoms with Crippen LogP contribution in [0.4, 0.5) is 4.39 Å². The second kappa shape index (κ2) is 5.94. The van der Waals surface area contributed by atoms with E-state index in [1.807, 2.05) is 24.3 Å². The van der Waals surface area contributed by atoms with Crippen molar-refractivity contribution in [1.82, 2.24) is 8.52 Å². The van der Waals surface area contributed by atoms with E-state index >= 15 is 0 Å². The summed E-state index contributed by atoms with van der Waals surface area (Å²) < 4.78 is 14.5. The van der Waals surface area contributed by atoms with Crippen molar-refractivity contribution in [3.8, 4) is 0 Å². The summed E-state index contributed by atoms with van der Waals surface area (Å²) >= 11 is 0.744. The number of hydrogen-bond donors (Lipinski definition) is 1. The Bertz CT molecular complexity index is 657. The number of nitrogens with zero attached hydrogens (tertiary/aromatic N) is 2. The lowest BCUT2D eigenvalue weighted by atomic mass is 10.1. The van der Waals surface area contributed by atoms with Crippen LogP contribution < -0.4 is 16.3 Å². The van der Waals surface area contributed by atoms with Gasteiger partial charge < -0.3 is 5.73 Å². The standard InChI is InChI=1S/C12H14FN3O2S/c13-5-6-16-11(17)15(12(18)19-16)8-10-3-1-9(7-14)2-4-10/h1-4H,5-8,14H2. The summed E-state index contributed by atoms with van der Waals surface area (Å²) in [6.45, 7) is -0.0941. The second-order valence-electron chi connectivity index (χ2n) is 4.04. The molecule has 1 aromatic heterocycles. The van der Waals surface area contributed by atoms with E-state index in [0.29, 0.717) is 6.54 Å². The average Bonchev–Trinajstić information content (AvgIpc) is 2.68. The van der Waals surface area contributed by atoms with E-state index in [4.69, 9.17) is 5.73 Å². The Morgan fingerprint density at radius 1 is 1.16 bits per heavy atom. The fourth-order valence-electron chi connectivity index (χ4n) is 1.71. The molecule has 0 radical (unpaired) electrons. The minimum absolute atomic E-state index is 0.0716. The Labute approximate surface area is 112 Å². The van der Waals surface area contributed by atoms with Crippen LogP contribution in [0.1, 0.15) is 11.1 Å². The van der Waals surface area contributed by atoms with Gasteiger partial charge in [-0.1, -0.05) is 24.3 Å². The second-order valence-corrected chi connectivity index (χ2v) is 5.01. The Morgan fingerprint density at radius 2 is 1.79 bits per heavy atom. The summed E-state index contributed by atoms with van der Waals surface area (Å²) in [6, 6.07) is 7.36. The van der Waals surface area contributed by atoms with Gasteiger partial charge in [-0.25, -0.2) is 17.7 Å². The van der Waals surface area contributed by atoms with Crippen molar-refractivity contribution in [2.45, 2.75) is 19.6 Å². The number of aromatic nitrogens is 2. The largest absolute Gasteiger partial charge is 0.341 e. The van der Waals surface area contributed by atoms with Gasteiger partial charge in [0.1, 0.15) is 6.67 Å². The monoisotopic (exact) mass is 283 g/mol. The summed E-state index contributed by atoms with van der Waals surface area (Å²) in [5.74, 6) is 0. The zero-order chi connectivity index (χ0) is 13.8. The smallest absolute Gasteiger partial charge is 0.326 e. The quantitative estimate of drug-likeness (QED) is 0.871. The number of aryl methyl sites for hydroxylation is 1. The molecular formula is C12H14FN3O2S. The number of benzene rings is 1. The highest BCUT2D eigenvalue weighted by atomic mass is 32.1. The molecular weight excluding hydrogens is 269 g/mol. The van der Waals surface area contributed by atoms with Crippen LogP contribution in [-0.2, 0) is 19.6 Å². The molecule has 19 heavy (non-hydrogen) atoms. The fourth-order valence-corrected chi connectivity index (χ4v) is 2.48. The SMILES string of the molecule is NCc1ccc(Cn2c(=O)sn(CCF)c2=O)cc1. The third-order valence-corrected chi connectivity index (χ3v) is 3.68. The molecule has 2 aromatic rings. The normalized spacial score (nSPS) is 10.8. The maximum Gasteiger partial charge on any atom is 0.341 e. The first-order valence-corrected chi connectivity index (χ1v) is 6.58. The fraction of sp³-hybridized carbons (Fsp3) is 0.333. The van der Waals surface area contributed by atoms with Crippen LogP contribution in [0.5, 0.6) is 0 Å². The average molecular weight is 283 g/mol. The van der Waals surface area contributed by atoms with E-state index in [-0.39, 0.29) is 18.0 Å². The Kier molecular flexibility index (Phi) is 4.28. The summed E-state index contributed by atoms with van der Waals surface area (Å²) in [6.07, 6.45) is 0. The molecule has 0 aliphatic rings. The van der Waals surface area contributed by atoms with Gasteiger partial charge in [-0.05, 0) is 11.1 Å². The molecule has 0 aliphatic carbocycles. The van der Waals surface area contributed by atoms with Gasteiger partial charge in [0.2, 0.25) is 0 Å². The molecule has 0 fully saturated rings. The lowest BCUT2D eigenvalue weighted by molar-refractivity contribution is 0.448. The molecule has 7 heteroatoms. The third-order valence-electron chi connectivity index (χ3n) is 2.74. The maximum absolute atomic E-state index is 12.2. The molecule has 2 N–H and O–H groups in total. The molecule has 0 bridgehead atoms. The third kappa shape index (κ3) is 2.99. The number of hydrogen-bond acceptors (Lipinski definition) is 4. The molecule has 0 spiro atoms. The highest BCUT2D eigenvalue weighted by molar-refractivity contribution is 7.03. The van der Waals surface area contributed by atoms with Crippen LogP contribution in [0, 0.1) is 0 Å². The molecule has 1 aromatic carbocycles. The summed E-state index contributed by atoms with van der Waals surface area (Å²) in [5, 5.41) is 0. The van der Waals surface area contributed by atoms with Crippen molar-refractivity contribution < 1.29 is 4.39 Å². The summed E-state index contributed by atoms with van der Waals surface area (Å²) in [5.41, 5.74) is 6.85. The van der Waals surface area contributed by atoms with Crippen molar-refractivity contribution in [2.24, 2.45) is 5.73 Å². The zero-order valence-electron chi connectivity index (χ0n) is 10.2. The van der Waals surface area contributed by atoms with Crippen molar-refractivity contribution >= 4 is 11.5 Å². The molecule has 0 saturated carbocycles. The van der Waals surface area contributed by atoms with E-state index < -0.39 is 12.4 Å².